The molecule has 4 N–H and O–H groups in total. The molecule has 0 saturated heterocycles. The third-order valence-corrected chi connectivity index (χ3v) is 7.80. The van der Waals surface area contributed by atoms with E-state index in [1.54, 1.807) is 12.3 Å². The first-order chi connectivity index (χ1) is 20.2. The largest absolute Gasteiger partial charge is 0.438 e. The van der Waals surface area contributed by atoms with Gasteiger partial charge in [0.25, 0.3) is 0 Å². The zero-order chi connectivity index (χ0) is 29.3. The maximum absolute atomic E-state index is 13.5. The van der Waals surface area contributed by atoms with Crippen molar-refractivity contribution in [1.82, 2.24) is 20.7 Å². The maximum Gasteiger partial charge on any atom is 0.321 e. The lowest BCUT2D eigenvalue weighted by Crippen LogP contribution is -2.66. The van der Waals surface area contributed by atoms with Crippen LogP contribution in [0.15, 0.2) is 85.2 Å². The number of hydrazine groups is 1. The summed E-state index contributed by atoms with van der Waals surface area (Å²) in [5.74, 6) is 2.37. The molecule has 9 nitrogen and oxygen atoms in total. The van der Waals surface area contributed by atoms with E-state index >= 15 is 0 Å². The van der Waals surface area contributed by atoms with Crippen LogP contribution in [0.1, 0.15) is 39.2 Å². The number of urea groups is 1. The van der Waals surface area contributed by atoms with Crippen molar-refractivity contribution in [3.8, 4) is 11.6 Å². The van der Waals surface area contributed by atoms with Crippen LogP contribution in [0.25, 0.3) is 10.8 Å². The molecular formula is C33H37N7O2. The molecule has 1 saturated carbocycles. The molecule has 1 aromatic heterocycles. The molecule has 2 heterocycles. The van der Waals surface area contributed by atoms with Gasteiger partial charge in [-0.05, 0) is 56.0 Å². The summed E-state index contributed by atoms with van der Waals surface area (Å²) in [5, 5.41) is 13.2. The molecule has 3 aromatic carbocycles. The van der Waals surface area contributed by atoms with Crippen LogP contribution in [0.3, 0.4) is 0 Å². The molecule has 1 unspecified atom stereocenters. The molecule has 1 aliphatic heterocycles. The van der Waals surface area contributed by atoms with E-state index in [0.29, 0.717) is 29.2 Å². The van der Waals surface area contributed by atoms with E-state index in [2.05, 4.69) is 71.2 Å². The second-order valence-corrected chi connectivity index (χ2v) is 12.1. The number of carbonyl (C=O) groups is 1. The van der Waals surface area contributed by atoms with Crippen LogP contribution < -0.4 is 31.1 Å². The number of hydrogen-bond donors (Lipinski definition) is 4. The van der Waals surface area contributed by atoms with Crippen molar-refractivity contribution in [3.05, 3.63) is 90.8 Å². The summed E-state index contributed by atoms with van der Waals surface area (Å²) in [4.78, 5) is 22.3. The Morgan fingerprint density at radius 2 is 1.81 bits per heavy atom. The highest BCUT2D eigenvalue weighted by Crippen LogP contribution is 2.36. The molecule has 0 radical (unpaired) electrons. The average molecular weight is 564 g/mol. The Morgan fingerprint density at radius 3 is 2.55 bits per heavy atom. The third-order valence-electron chi connectivity index (χ3n) is 7.80. The number of ether oxygens (including phenoxy) is 1. The second kappa shape index (κ2) is 11.0. The third kappa shape index (κ3) is 5.87. The zero-order valence-electron chi connectivity index (χ0n) is 24.4. The molecule has 1 atom stereocenters. The van der Waals surface area contributed by atoms with Crippen LogP contribution in [0.5, 0.6) is 11.6 Å². The minimum Gasteiger partial charge on any atom is -0.438 e. The first-order valence-corrected chi connectivity index (χ1v) is 14.4. The number of benzene rings is 3. The average Bonchev–Trinajstić information content (AvgIpc) is 3.70. The van der Waals surface area contributed by atoms with Gasteiger partial charge in [0.2, 0.25) is 11.8 Å². The lowest BCUT2D eigenvalue weighted by atomic mass is 9.81. The molecule has 2 aliphatic rings. The summed E-state index contributed by atoms with van der Waals surface area (Å²) in [6, 6.07) is 21.2. The number of fused-ring (bicyclic) bond motifs is 1. The predicted molar refractivity (Wildman–Crippen MR) is 168 cm³/mol. The van der Waals surface area contributed by atoms with Gasteiger partial charge in [-0.2, -0.15) is 4.98 Å². The Kier molecular flexibility index (Phi) is 7.20. The van der Waals surface area contributed by atoms with E-state index in [9.17, 15) is 4.79 Å². The molecule has 9 heteroatoms. The topological polar surface area (TPSA) is 103 Å². The van der Waals surface area contributed by atoms with Crippen molar-refractivity contribution in [3.63, 3.8) is 0 Å². The van der Waals surface area contributed by atoms with Gasteiger partial charge in [-0.3, -0.25) is 5.01 Å². The zero-order valence-corrected chi connectivity index (χ0v) is 24.4. The number of rotatable bonds is 8. The van der Waals surface area contributed by atoms with Gasteiger partial charge in [-0.25, -0.2) is 15.2 Å². The minimum atomic E-state index is -0.820. The van der Waals surface area contributed by atoms with E-state index < -0.39 is 5.66 Å². The molecule has 1 fully saturated rings. The van der Waals surface area contributed by atoms with Crippen LogP contribution in [-0.2, 0) is 0 Å². The van der Waals surface area contributed by atoms with Gasteiger partial charge in [-0.15, -0.1) is 0 Å². The number of aromatic nitrogens is 2. The number of hydrogen-bond acceptors (Lipinski definition) is 7. The molecular weight excluding hydrogens is 526 g/mol. The quantitative estimate of drug-likeness (QED) is 0.184. The number of anilines is 3. The monoisotopic (exact) mass is 563 g/mol. The van der Waals surface area contributed by atoms with Crippen molar-refractivity contribution in [2.45, 2.75) is 46.2 Å². The van der Waals surface area contributed by atoms with Gasteiger partial charge in [0.15, 0.2) is 0 Å². The van der Waals surface area contributed by atoms with Gasteiger partial charge < -0.3 is 20.7 Å². The van der Waals surface area contributed by atoms with Crippen molar-refractivity contribution in [1.29, 1.82) is 0 Å². The number of aryl methyl sites for hydroxylation is 1. The summed E-state index contributed by atoms with van der Waals surface area (Å²) < 4.78 is 6.20. The van der Waals surface area contributed by atoms with Crippen molar-refractivity contribution in [2.75, 3.05) is 22.2 Å². The van der Waals surface area contributed by atoms with Crippen LogP contribution in [0.4, 0.5) is 22.1 Å². The molecule has 0 bridgehead atoms. The molecule has 1 aliphatic carbocycles. The Balaban J connectivity index is 1.19. The Labute approximate surface area is 246 Å². The van der Waals surface area contributed by atoms with Gasteiger partial charge in [-0.1, -0.05) is 62.7 Å². The standard InChI is InChI=1S/C33H37N7O2/c1-22-9-13-24(14-10-22)40-20-18-33(39-40,32(2,3)4)38-31(41)36-27-15-16-28(26-8-6-5-7-25(26)27)42-29-17-19-34-30(37-29)35-21-23-11-12-23/h5-10,13-20,23,39H,11-12,21H2,1-4H3,(H,34,35,37)(H2,36,38,41). The molecule has 0 spiro atoms. The number of nitrogens with zero attached hydrogens (tertiary/aromatic N) is 3. The number of nitrogens with one attached hydrogen (secondary N) is 4. The van der Waals surface area contributed by atoms with Crippen LogP contribution in [0, 0.1) is 18.3 Å². The Bertz CT molecular complexity index is 1630. The van der Waals surface area contributed by atoms with Gasteiger partial charge in [0.1, 0.15) is 11.4 Å². The highest BCUT2D eigenvalue weighted by molar-refractivity contribution is 6.04. The maximum atomic E-state index is 13.5. The van der Waals surface area contributed by atoms with Crippen molar-refractivity contribution < 1.29 is 9.53 Å². The molecule has 6 rings (SSSR count). The van der Waals surface area contributed by atoms with Crippen LogP contribution >= 0.6 is 0 Å². The van der Waals surface area contributed by atoms with Gasteiger partial charge in [0.05, 0.1) is 11.4 Å². The lowest BCUT2D eigenvalue weighted by Gasteiger charge is -2.42. The lowest BCUT2D eigenvalue weighted by molar-refractivity contribution is 0.161. The first-order valence-electron chi connectivity index (χ1n) is 14.4. The SMILES string of the molecule is Cc1ccc(N2C=CC(NC(=O)Nc3ccc(Oc4ccnc(NCC5CC5)n4)c4ccccc34)(C(C)(C)C)N2)cc1. The summed E-state index contributed by atoms with van der Waals surface area (Å²) in [5.41, 5.74) is 5.19. The van der Waals surface area contributed by atoms with Crippen LogP contribution in [0.2, 0.25) is 0 Å². The number of amides is 2. The van der Waals surface area contributed by atoms with E-state index in [1.165, 1.54) is 18.4 Å². The summed E-state index contributed by atoms with van der Waals surface area (Å²) in [6.45, 7) is 9.20. The van der Waals surface area contributed by atoms with Crippen LogP contribution in [-0.4, -0.2) is 28.2 Å². The fraction of sp³-hybridized carbons (Fsp3) is 0.303. The summed E-state index contributed by atoms with van der Waals surface area (Å²) in [7, 11) is 0. The van der Waals surface area contributed by atoms with E-state index in [1.807, 2.05) is 65.8 Å². The smallest absolute Gasteiger partial charge is 0.321 e. The van der Waals surface area contributed by atoms with E-state index in [4.69, 9.17) is 4.74 Å². The number of carbonyl (C=O) groups excluding carboxylic acids is 1. The normalized spacial score (nSPS) is 18.2. The fourth-order valence-electron chi connectivity index (χ4n) is 4.94. The van der Waals surface area contributed by atoms with E-state index in [-0.39, 0.29) is 11.4 Å². The minimum absolute atomic E-state index is 0.325. The fourth-order valence-corrected chi connectivity index (χ4v) is 4.94. The van der Waals surface area contributed by atoms with Crippen molar-refractivity contribution >= 4 is 34.1 Å². The highest BCUT2D eigenvalue weighted by Gasteiger charge is 2.45. The summed E-state index contributed by atoms with van der Waals surface area (Å²) in [6.07, 6.45) is 8.15. The summed E-state index contributed by atoms with van der Waals surface area (Å²) >= 11 is 0. The molecule has 4 aromatic rings. The first kappa shape index (κ1) is 27.5. The predicted octanol–water partition coefficient (Wildman–Crippen LogP) is 6.95. The second-order valence-electron chi connectivity index (χ2n) is 12.1. The molecule has 42 heavy (non-hydrogen) atoms. The Hall–Kier alpha value is -4.63. The molecule has 2 amide bonds. The highest BCUT2D eigenvalue weighted by atomic mass is 16.5. The van der Waals surface area contributed by atoms with Gasteiger partial charge in [0, 0.05) is 41.2 Å². The molecule has 216 valence electrons. The van der Waals surface area contributed by atoms with Crippen molar-refractivity contribution in [2.24, 2.45) is 11.3 Å². The van der Waals surface area contributed by atoms with Gasteiger partial charge >= 0.3 is 6.03 Å². The Morgan fingerprint density at radius 1 is 1.05 bits per heavy atom. The van der Waals surface area contributed by atoms with E-state index in [0.717, 1.165) is 23.0 Å².